The van der Waals surface area contributed by atoms with Crippen molar-refractivity contribution < 1.29 is 23.8 Å². The molecule has 0 saturated carbocycles. The van der Waals surface area contributed by atoms with Crippen LogP contribution in [0.4, 0.5) is 4.79 Å². The number of aliphatic carboxylic acids is 1. The van der Waals surface area contributed by atoms with Gasteiger partial charge in [-0.05, 0) is 19.1 Å². The largest absolute Gasteiger partial charge is 0.480 e. The van der Waals surface area contributed by atoms with E-state index in [0.29, 0.717) is 18.8 Å². The molecule has 0 aliphatic heterocycles. The highest BCUT2D eigenvalue weighted by molar-refractivity contribution is 5.80. The van der Waals surface area contributed by atoms with Crippen molar-refractivity contribution in [3.63, 3.8) is 0 Å². The van der Waals surface area contributed by atoms with Gasteiger partial charge in [0.05, 0.1) is 19.4 Å². The van der Waals surface area contributed by atoms with Crippen molar-refractivity contribution in [3.8, 4) is 0 Å². The van der Waals surface area contributed by atoms with E-state index >= 15 is 0 Å². The number of hydrogen-bond acceptors (Lipinski definition) is 4. The van der Waals surface area contributed by atoms with Crippen LogP contribution in [0, 0.1) is 0 Å². The zero-order chi connectivity index (χ0) is 15.0. The first-order chi connectivity index (χ1) is 9.58. The van der Waals surface area contributed by atoms with Crippen molar-refractivity contribution in [2.75, 3.05) is 33.4 Å². The number of carbonyl (C=O) groups is 2. The van der Waals surface area contributed by atoms with E-state index in [9.17, 15) is 9.59 Å². The topological polar surface area (TPSA) is 83.2 Å². The van der Waals surface area contributed by atoms with Crippen molar-refractivity contribution in [1.29, 1.82) is 0 Å². The molecule has 7 heteroatoms. The normalized spacial score (nSPS) is 10.3. The lowest BCUT2D eigenvalue weighted by Crippen LogP contribution is -2.46. The van der Waals surface area contributed by atoms with Gasteiger partial charge in [0.1, 0.15) is 12.3 Å². The molecule has 112 valence electrons. The van der Waals surface area contributed by atoms with E-state index < -0.39 is 5.97 Å². The van der Waals surface area contributed by atoms with E-state index in [1.807, 2.05) is 6.92 Å². The van der Waals surface area contributed by atoms with Crippen LogP contribution in [-0.2, 0) is 16.1 Å². The van der Waals surface area contributed by atoms with E-state index in [0.717, 1.165) is 0 Å². The summed E-state index contributed by atoms with van der Waals surface area (Å²) in [5, 5.41) is 8.87. The third-order valence-corrected chi connectivity index (χ3v) is 2.74. The Morgan fingerprint density at radius 3 is 2.65 bits per heavy atom. The van der Waals surface area contributed by atoms with Crippen LogP contribution in [0.25, 0.3) is 0 Å². The molecular weight excluding hydrogens is 264 g/mol. The van der Waals surface area contributed by atoms with Gasteiger partial charge in [0.15, 0.2) is 0 Å². The molecule has 0 atom stereocenters. The minimum Gasteiger partial charge on any atom is -0.480 e. The number of carboxylic acid groups (broad SMARTS) is 1. The fourth-order valence-electron chi connectivity index (χ4n) is 1.71. The standard InChI is InChI=1S/C13H20N2O5/c1-3-14(9-11-5-4-7-20-11)13(18)15(6-8-19-2)10-12(16)17/h4-5,7H,3,6,8-10H2,1-2H3,(H,16,17). The van der Waals surface area contributed by atoms with E-state index in [4.69, 9.17) is 14.3 Å². The number of furan rings is 1. The Kier molecular flexibility index (Phi) is 6.58. The Bertz CT molecular complexity index is 418. The van der Waals surface area contributed by atoms with Crippen molar-refractivity contribution in [2.45, 2.75) is 13.5 Å². The summed E-state index contributed by atoms with van der Waals surface area (Å²) in [5.74, 6) is -0.397. The molecule has 0 aromatic carbocycles. The zero-order valence-electron chi connectivity index (χ0n) is 11.7. The summed E-state index contributed by atoms with van der Waals surface area (Å²) in [7, 11) is 1.50. The highest BCUT2D eigenvalue weighted by Gasteiger charge is 2.22. The SMILES string of the molecule is CCN(Cc1ccco1)C(=O)N(CCOC)CC(=O)O. The second-order valence-corrected chi connectivity index (χ2v) is 4.18. The number of carbonyl (C=O) groups excluding carboxylic acids is 1. The van der Waals surface area contributed by atoms with E-state index in [2.05, 4.69) is 0 Å². The summed E-state index contributed by atoms with van der Waals surface area (Å²) in [6, 6.07) is 3.17. The van der Waals surface area contributed by atoms with Gasteiger partial charge in [-0.1, -0.05) is 0 Å². The van der Waals surface area contributed by atoms with Crippen molar-refractivity contribution in [3.05, 3.63) is 24.2 Å². The number of ether oxygens (including phenoxy) is 1. The quantitative estimate of drug-likeness (QED) is 0.777. The van der Waals surface area contributed by atoms with Crippen molar-refractivity contribution >= 4 is 12.0 Å². The highest BCUT2D eigenvalue weighted by Crippen LogP contribution is 2.08. The summed E-state index contributed by atoms with van der Waals surface area (Å²) in [5.41, 5.74) is 0. The molecule has 0 aliphatic carbocycles. The number of methoxy groups -OCH3 is 1. The lowest BCUT2D eigenvalue weighted by Gasteiger charge is -2.28. The first-order valence-corrected chi connectivity index (χ1v) is 6.35. The van der Waals surface area contributed by atoms with Crippen molar-refractivity contribution in [2.24, 2.45) is 0 Å². The summed E-state index contributed by atoms with van der Waals surface area (Å²) in [6.07, 6.45) is 1.54. The Balaban J connectivity index is 2.70. The van der Waals surface area contributed by atoms with Gasteiger partial charge in [-0.3, -0.25) is 4.79 Å². The molecule has 0 saturated heterocycles. The van der Waals surface area contributed by atoms with Gasteiger partial charge in [0.25, 0.3) is 0 Å². The second kappa shape index (κ2) is 8.21. The lowest BCUT2D eigenvalue weighted by molar-refractivity contribution is -0.137. The Morgan fingerprint density at radius 2 is 2.15 bits per heavy atom. The van der Waals surface area contributed by atoms with Crippen LogP contribution in [0.2, 0.25) is 0 Å². The summed E-state index contributed by atoms with van der Waals surface area (Å²) in [4.78, 5) is 25.9. The van der Waals surface area contributed by atoms with E-state index in [-0.39, 0.29) is 25.7 Å². The average molecular weight is 284 g/mol. The van der Waals surface area contributed by atoms with Gasteiger partial charge in [0.2, 0.25) is 0 Å². The summed E-state index contributed by atoms with van der Waals surface area (Å²) >= 11 is 0. The minimum atomic E-state index is -1.05. The molecule has 0 spiro atoms. The number of amides is 2. The van der Waals surface area contributed by atoms with Gasteiger partial charge in [-0.15, -0.1) is 0 Å². The fraction of sp³-hybridized carbons (Fsp3) is 0.538. The maximum atomic E-state index is 12.3. The second-order valence-electron chi connectivity index (χ2n) is 4.18. The molecule has 0 bridgehead atoms. The highest BCUT2D eigenvalue weighted by atomic mass is 16.5. The van der Waals surface area contributed by atoms with E-state index in [1.54, 1.807) is 12.1 Å². The Hall–Kier alpha value is -2.02. The number of carboxylic acids is 1. The lowest BCUT2D eigenvalue weighted by atomic mass is 10.4. The molecule has 2 amide bonds. The molecule has 1 heterocycles. The van der Waals surface area contributed by atoms with Crippen LogP contribution < -0.4 is 0 Å². The molecule has 1 aromatic heterocycles. The molecular formula is C13H20N2O5. The van der Waals surface area contributed by atoms with Crippen LogP contribution in [0.3, 0.4) is 0 Å². The van der Waals surface area contributed by atoms with Gasteiger partial charge in [-0.25, -0.2) is 4.79 Å². The molecule has 1 aromatic rings. The van der Waals surface area contributed by atoms with Gasteiger partial charge >= 0.3 is 12.0 Å². The molecule has 7 nitrogen and oxygen atoms in total. The van der Waals surface area contributed by atoms with Crippen LogP contribution in [0.1, 0.15) is 12.7 Å². The Labute approximate surface area is 117 Å². The number of nitrogens with zero attached hydrogens (tertiary/aromatic N) is 2. The van der Waals surface area contributed by atoms with Gasteiger partial charge < -0.3 is 24.1 Å². The van der Waals surface area contributed by atoms with Crippen LogP contribution in [-0.4, -0.2) is 60.3 Å². The molecule has 0 unspecified atom stereocenters. The average Bonchev–Trinajstić information content (AvgIpc) is 2.92. The number of hydrogen-bond donors (Lipinski definition) is 1. The van der Waals surface area contributed by atoms with Crippen LogP contribution in [0.15, 0.2) is 22.8 Å². The van der Waals surface area contributed by atoms with Gasteiger partial charge in [-0.2, -0.15) is 0 Å². The third-order valence-electron chi connectivity index (χ3n) is 2.74. The summed E-state index contributed by atoms with van der Waals surface area (Å²) in [6.45, 7) is 2.77. The fourth-order valence-corrected chi connectivity index (χ4v) is 1.71. The monoisotopic (exact) mass is 284 g/mol. The maximum Gasteiger partial charge on any atom is 0.323 e. The van der Waals surface area contributed by atoms with E-state index in [1.165, 1.54) is 23.2 Å². The zero-order valence-corrected chi connectivity index (χ0v) is 11.7. The third kappa shape index (κ3) is 4.93. The number of rotatable bonds is 8. The van der Waals surface area contributed by atoms with Crippen molar-refractivity contribution in [1.82, 2.24) is 9.80 Å². The first-order valence-electron chi connectivity index (χ1n) is 6.35. The molecule has 0 aliphatic rings. The predicted molar refractivity (Wildman–Crippen MR) is 71.3 cm³/mol. The first kappa shape index (κ1) is 16.0. The molecule has 20 heavy (non-hydrogen) atoms. The molecule has 0 radical (unpaired) electrons. The van der Waals surface area contributed by atoms with Crippen LogP contribution in [0.5, 0.6) is 0 Å². The smallest absolute Gasteiger partial charge is 0.323 e. The Morgan fingerprint density at radius 1 is 1.40 bits per heavy atom. The van der Waals surface area contributed by atoms with Gasteiger partial charge in [0, 0.05) is 20.2 Å². The molecule has 1 N–H and O–H groups in total. The molecule has 0 fully saturated rings. The summed E-state index contributed by atoms with van der Waals surface area (Å²) < 4.78 is 10.1. The predicted octanol–water partition coefficient (Wildman–Crippen LogP) is 1.25. The number of urea groups is 1. The minimum absolute atomic E-state index is 0.232. The maximum absolute atomic E-state index is 12.3. The van der Waals surface area contributed by atoms with Crippen LogP contribution >= 0.6 is 0 Å². The molecule has 1 rings (SSSR count).